The van der Waals surface area contributed by atoms with Crippen molar-refractivity contribution in [3.05, 3.63) is 99.5 Å². The lowest BCUT2D eigenvalue weighted by molar-refractivity contribution is -0.117. The second-order valence-corrected chi connectivity index (χ2v) is 11.2. The molecule has 1 aromatic heterocycles. The van der Waals surface area contributed by atoms with Crippen molar-refractivity contribution in [3.8, 4) is 0 Å². The molecule has 1 aliphatic heterocycles. The number of aromatic nitrogens is 2. The van der Waals surface area contributed by atoms with E-state index in [1.807, 2.05) is 54.6 Å². The summed E-state index contributed by atoms with van der Waals surface area (Å²) in [7, 11) is 0. The molecule has 6 nitrogen and oxygen atoms in total. The van der Waals surface area contributed by atoms with E-state index < -0.39 is 0 Å². The van der Waals surface area contributed by atoms with E-state index in [0.29, 0.717) is 28.7 Å². The van der Waals surface area contributed by atoms with E-state index in [2.05, 4.69) is 34.6 Å². The van der Waals surface area contributed by atoms with Crippen LogP contribution in [0.2, 0.25) is 5.02 Å². The van der Waals surface area contributed by atoms with Crippen LogP contribution in [0.5, 0.6) is 0 Å². The first-order chi connectivity index (χ1) is 18.0. The van der Waals surface area contributed by atoms with E-state index in [4.69, 9.17) is 11.6 Å². The first-order valence-electron chi connectivity index (χ1n) is 12.0. The van der Waals surface area contributed by atoms with Gasteiger partial charge in [0, 0.05) is 40.2 Å². The topological polar surface area (TPSA) is 75.2 Å². The lowest BCUT2D eigenvalue weighted by atomic mass is 10.1. The van der Waals surface area contributed by atoms with Gasteiger partial charge >= 0.3 is 0 Å². The van der Waals surface area contributed by atoms with Gasteiger partial charge in [0.2, 0.25) is 11.0 Å². The molecule has 0 saturated carbocycles. The lowest BCUT2D eigenvalue weighted by Gasteiger charge is -2.16. The van der Waals surface area contributed by atoms with Gasteiger partial charge in [0.05, 0.1) is 5.56 Å². The van der Waals surface area contributed by atoms with E-state index in [0.717, 1.165) is 33.3 Å². The van der Waals surface area contributed by atoms with Gasteiger partial charge in [0.25, 0.3) is 5.91 Å². The fraction of sp³-hybridized carbons (Fsp3) is 0.214. The molecule has 1 N–H and O–H groups in total. The third kappa shape index (κ3) is 6.04. The minimum absolute atomic E-state index is 0.0521. The Bertz CT molecular complexity index is 1410. The minimum atomic E-state index is -0.234. The number of nitrogens with one attached hydrogen (secondary N) is 1. The molecule has 1 atom stereocenters. The van der Waals surface area contributed by atoms with Crippen LogP contribution in [0.4, 0.5) is 10.8 Å². The first kappa shape index (κ1) is 25.4. The van der Waals surface area contributed by atoms with Crippen LogP contribution in [0, 0.1) is 0 Å². The fourth-order valence-electron chi connectivity index (χ4n) is 4.17. The highest BCUT2D eigenvalue weighted by atomic mass is 35.5. The number of benzene rings is 3. The zero-order chi connectivity index (χ0) is 25.8. The van der Waals surface area contributed by atoms with E-state index in [1.54, 1.807) is 22.7 Å². The average molecular weight is 549 g/mol. The number of rotatable bonds is 8. The second-order valence-electron chi connectivity index (χ2n) is 8.74. The number of hydrogen-bond acceptors (Lipinski definition) is 6. The van der Waals surface area contributed by atoms with Gasteiger partial charge in [-0.05, 0) is 53.9 Å². The summed E-state index contributed by atoms with van der Waals surface area (Å²) in [6.45, 7) is 2.66. The summed E-state index contributed by atoms with van der Waals surface area (Å²) in [4.78, 5) is 28.5. The number of carbonyl (C=O) groups is 2. The highest BCUT2D eigenvalue weighted by molar-refractivity contribution is 7.98. The average Bonchev–Trinajstić information content (AvgIpc) is 3.55. The first-order valence-corrected chi connectivity index (χ1v) is 14.2. The summed E-state index contributed by atoms with van der Waals surface area (Å²) in [5.74, 6) is 0.505. The number of aryl methyl sites for hydroxylation is 1. The number of anilines is 2. The molecule has 4 aromatic rings. The number of carbonyl (C=O) groups excluding carboxylic acids is 2. The van der Waals surface area contributed by atoms with Gasteiger partial charge in [0.15, 0.2) is 0 Å². The maximum Gasteiger partial charge on any atom is 0.258 e. The Labute approximate surface area is 229 Å². The van der Waals surface area contributed by atoms with Crippen molar-refractivity contribution in [3.63, 3.8) is 0 Å². The van der Waals surface area contributed by atoms with E-state index in [9.17, 15) is 9.59 Å². The van der Waals surface area contributed by atoms with Crippen molar-refractivity contribution in [2.75, 3.05) is 16.8 Å². The quantitative estimate of drug-likeness (QED) is 0.244. The van der Waals surface area contributed by atoms with E-state index in [1.165, 1.54) is 16.9 Å². The summed E-state index contributed by atoms with van der Waals surface area (Å²) in [5.41, 5.74) is 3.84. The van der Waals surface area contributed by atoms with Gasteiger partial charge in [-0.3, -0.25) is 14.9 Å². The molecule has 0 aliphatic carbocycles. The van der Waals surface area contributed by atoms with Crippen molar-refractivity contribution in [2.24, 2.45) is 0 Å². The maximum absolute atomic E-state index is 13.1. The van der Waals surface area contributed by atoms with Crippen molar-refractivity contribution in [1.82, 2.24) is 10.2 Å². The van der Waals surface area contributed by atoms with E-state index in [-0.39, 0.29) is 17.7 Å². The lowest BCUT2D eigenvalue weighted by Crippen LogP contribution is -2.24. The van der Waals surface area contributed by atoms with Crippen LogP contribution in [0.25, 0.3) is 0 Å². The SMILES string of the molecule is CCc1ccc(N2CC(c3nnc(NC(=O)c4ccccc4SCc4ccc(Cl)cc4)s3)CC2=O)cc1. The van der Waals surface area contributed by atoms with Gasteiger partial charge in [-0.25, -0.2) is 0 Å². The Morgan fingerprint density at radius 2 is 1.78 bits per heavy atom. The van der Waals surface area contributed by atoms with Crippen LogP contribution in [-0.2, 0) is 17.0 Å². The molecular formula is C28H25ClN4O2S2. The molecule has 2 heterocycles. The van der Waals surface area contributed by atoms with Crippen LogP contribution in [0.15, 0.2) is 77.7 Å². The molecule has 37 heavy (non-hydrogen) atoms. The van der Waals surface area contributed by atoms with Crippen molar-refractivity contribution < 1.29 is 9.59 Å². The van der Waals surface area contributed by atoms with Crippen molar-refractivity contribution in [1.29, 1.82) is 0 Å². The minimum Gasteiger partial charge on any atom is -0.312 e. The third-order valence-corrected chi connectivity index (χ3v) is 8.63. The molecule has 9 heteroatoms. The van der Waals surface area contributed by atoms with Gasteiger partial charge in [0.1, 0.15) is 5.01 Å². The number of halogens is 1. The predicted molar refractivity (Wildman–Crippen MR) is 151 cm³/mol. The van der Waals surface area contributed by atoms with Gasteiger partial charge in [-0.1, -0.05) is 66.3 Å². The van der Waals surface area contributed by atoms with Gasteiger partial charge in [-0.15, -0.1) is 22.0 Å². The molecule has 3 aromatic carbocycles. The summed E-state index contributed by atoms with van der Waals surface area (Å²) in [6, 6.07) is 23.3. The monoisotopic (exact) mass is 548 g/mol. The standard InChI is InChI=1S/C28H25ClN4O2S2/c1-2-18-9-13-22(14-10-18)33-16-20(15-25(33)34)27-31-32-28(37-27)30-26(35)23-5-3-4-6-24(23)36-17-19-7-11-21(29)12-8-19/h3-14,20H,2,15-17H2,1H3,(H,30,32,35). The molecule has 1 aliphatic rings. The number of amides is 2. The number of hydrogen-bond donors (Lipinski definition) is 1. The van der Waals surface area contributed by atoms with Crippen molar-refractivity contribution in [2.45, 2.75) is 36.3 Å². The zero-order valence-corrected chi connectivity index (χ0v) is 22.6. The highest BCUT2D eigenvalue weighted by Gasteiger charge is 2.34. The fourth-order valence-corrected chi connectivity index (χ4v) is 6.13. The van der Waals surface area contributed by atoms with E-state index >= 15 is 0 Å². The Balaban J connectivity index is 1.23. The van der Waals surface area contributed by atoms with Crippen LogP contribution >= 0.6 is 34.7 Å². The molecule has 188 valence electrons. The van der Waals surface area contributed by atoms with Gasteiger partial charge < -0.3 is 4.90 Å². The maximum atomic E-state index is 13.1. The Hall–Kier alpha value is -3.20. The molecule has 1 saturated heterocycles. The molecule has 1 fully saturated rings. The van der Waals surface area contributed by atoms with Crippen LogP contribution < -0.4 is 10.2 Å². The molecular weight excluding hydrogens is 524 g/mol. The molecule has 0 spiro atoms. The zero-order valence-electron chi connectivity index (χ0n) is 20.2. The summed E-state index contributed by atoms with van der Waals surface area (Å²) >= 11 is 8.89. The number of thioether (sulfide) groups is 1. The summed E-state index contributed by atoms with van der Waals surface area (Å²) < 4.78 is 0. The molecule has 0 radical (unpaired) electrons. The Morgan fingerprint density at radius 1 is 1.05 bits per heavy atom. The Kier molecular flexibility index (Phi) is 7.88. The van der Waals surface area contributed by atoms with Crippen LogP contribution in [0.1, 0.15) is 45.8 Å². The van der Waals surface area contributed by atoms with Crippen LogP contribution in [-0.4, -0.2) is 28.6 Å². The molecule has 1 unspecified atom stereocenters. The summed E-state index contributed by atoms with van der Waals surface area (Å²) in [5, 5.41) is 13.3. The molecule has 5 rings (SSSR count). The highest BCUT2D eigenvalue weighted by Crippen LogP contribution is 2.35. The second kappa shape index (κ2) is 11.5. The molecule has 2 amide bonds. The third-order valence-electron chi connectivity index (χ3n) is 6.23. The van der Waals surface area contributed by atoms with Gasteiger partial charge in [-0.2, -0.15) is 0 Å². The summed E-state index contributed by atoms with van der Waals surface area (Å²) in [6.07, 6.45) is 1.34. The largest absolute Gasteiger partial charge is 0.312 e. The van der Waals surface area contributed by atoms with Crippen LogP contribution in [0.3, 0.4) is 0 Å². The normalized spacial score (nSPS) is 15.2. The molecule has 0 bridgehead atoms. The Morgan fingerprint density at radius 3 is 2.54 bits per heavy atom. The predicted octanol–water partition coefficient (Wildman–Crippen LogP) is 6.82. The smallest absolute Gasteiger partial charge is 0.258 e. The van der Waals surface area contributed by atoms with Crippen molar-refractivity contribution >= 4 is 57.3 Å². The number of nitrogens with zero attached hydrogens (tertiary/aromatic N) is 3.